The van der Waals surface area contributed by atoms with Crippen molar-refractivity contribution in [2.75, 3.05) is 12.4 Å². The van der Waals surface area contributed by atoms with Crippen molar-refractivity contribution in [1.29, 1.82) is 0 Å². The van der Waals surface area contributed by atoms with Crippen molar-refractivity contribution < 1.29 is 9.53 Å². The number of aromatic nitrogens is 3. The molecule has 2 aromatic carbocycles. The van der Waals surface area contributed by atoms with E-state index in [1.165, 1.54) is 0 Å². The number of rotatable bonds is 6. The fourth-order valence-electron chi connectivity index (χ4n) is 2.63. The number of amides is 1. The van der Waals surface area contributed by atoms with E-state index in [1.54, 1.807) is 17.7 Å². The van der Waals surface area contributed by atoms with Crippen molar-refractivity contribution in [3.63, 3.8) is 0 Å². The van der Waals surface area contributed by atoms with Crippen molar-refractivity contribution >= 4 is 35.4 Å². The molecule has 2 N–H and O–H groups in total. The molecule has 1 heterocycles. The molecule has 0 unspecified atom stereocenters. The van der Waals surface area contributed by atoms with Gasteiger partial charge in [-0.15, -0.1) is 0 Å². The van der Waals surface area contributed by atoms with Gasteiger partial charge in [-0.05, 0) is 61.1 Å². The number of carbonyl (C=O) groups excluding carboxylic acids is 1. The number of aromatic amines is 1. The second-order valence-corrected chi connectivity index (χ2v) is 6.81. The molecule has 0 fully saturated rings. The van der Waals surface area contributed by atoms with Crippen LogP contribution in [0.2, 0.25) is 5.02 Å². The molecule has 0 aliphatic heterocycles. The number of methoxy groups -OCH3 is 1. The first-order chi connectivity index (χ1) is 13.0. The topological polar surface area (TPSA) is 71.9 Å². The van der Waals surface area contributed by atoms with E-state index in [-0.39, 0.29) is 12.3 Å². The highest BCUT2D eigenvalue weighted by Gasteiger charge is 2.12. The van der Waals surface area contributed by atoms with E-state index in [9.17, 15) is 4.79 Å². The maximum Gasteiger partial charge on any atom is 0.226 e. The van der Waals surface area contributed by atoms with E-state index in [1.807, 2.05) is 43.3 Å². The summed E-state index contributed by atoms with van der Waals surface area (Å²) in [6, 6.07) is 13.0. The van der Waals surface area contributed by atoms with E-state index in [0.29, 0.717) is 27.9 Å². The predicted molar refractivity (Wildman–Crippen MR) is 109 cm³/mol. The molecule has 0 radical (unpaired) electrons. The molecular weight excluding hydrogens is 384 g/mol. The summed E-state index contributed by atoms with van der Waals surface area (Å²) in [6.07, 6.45) is 0.237. The van der Waals surface area contributed by atoms with Gasteiger partial charge in [-0.1, -0.05) is 17.7 Å². The van der Waals surface area contributed by atoms with Crippen molar-refractivity contribution in [3.8, 4) is 17.1 Å². The number of carbonyl (C=O) groups is 1. The molecule has 140 valence electrons. The van der Waals surface area contributed by atoms with Gasteiger partial charge in [0.25, 0.3) is 0 Å². The number of H-pyrrole nitrogens is 1. The Morgan fingerprint density at radius 3 is 2.70 bits per heavy atom. The van der Waals surface area contributed by atoms with Crippen LogP contribution in [-0.4, -0.2) is 27.8 Å². The van der Waals surface area contributed by atoms with E-state index < -0.39 is 0 Å². The first-order valence-electron chi connectivity index (χ1n) is 8.33. The lowest BCUT2D eigenvalue weighted by molar-refractivity contribution is -0.116. The van der Waals surface area contributed by atoms with Crippen LogP contribution in [0.4, 0.5) is 5.69 Å². The van der Waals surface area contributed by atoms with E-state index in [4.69, 9.17) is 28.6 Å². The summed E-state index contributed by atoms with van der Waals surface area (Å²) in [5.41, 5.74) is 2.51. The van der Waals surface area contributed by atoms with Crippen molar-refractivity contribution in [1.82, 2.24) is 14.8 Å². The molecule has 1 aromatic heterocycles. The fourth-order valence-corrected chi connectivity index (χ4v) is 3.14. The van der Waals surface area contributed by atoms with E-state index in [2.05, 4.69) is 15.5 Å². The van der Waals surface area contributed by atoms with Gasteiger partial charge >= 0.3 is 0 Å². The maximum absolute atomic E-state index is 12.3. The third-order valence-corrected chi connectivity index (χ3v) is 4.69. The van der Waals surface area contributed by atoms with Crippen LogP contribution in [0.1, 0.15) is 12.0 Å². The number of benzene rings is 2. The van der Waals surface area contributed by atoms with Crippen LogP contribution in [0.5, 0.6) is 5.75 Å². The number of nitrogens with zero attached hydrogens (tertiary/aromatic N) is 2. The Hall–Kier alpha value is -2.64. The average molecular weight is 403 g/mol. The van der Waals surface area contributed by atoms with Crippen molar-refractivity contribution in [2.24, 2.45) is 0 Å². The zero-order chi connectivity index (χ0) is 19.4. The smallest absolute Gasteiger partial charge is 0.226 e. The number of hydrogen-bond acceptors (Lipinski definition) is 4. The lowest BCUT2D eigenvalue weighted by Gasteiger charge is -2.10. The Kier molecular flexibility index (Phi) is 5.93. The SMILES string of the molecule is COc1ccc(-c2n[nH]c(=S)n2CCC(=O)Nc2ccc(C)cc2Cl)cc1. The third-order valence-electron chi connectivity index (χ3n) is 4.07. The molecule has 0 spiro atoms. The van der Waals surface area contributed by atoms with Gasteiger partial charge in [-0.3, -0.25) is 14.5 Å². The van der Waals surface area contributed by atoms with Crippen LogP contribution in [0.15, 0.2) is 42.5 Å². The van der Waals surface area contributed by atoms with Gasteiger partial charge in [0, 0.05) is 18.5 Å². The summed E-state index contributed by atoms with van der Waals surface area (Å²) < 4.78 is 7.43. The molecule has 0 saturated carbocycles. The molecule has 0 atom stereocenters. The minimum Gasteiger partial charge on any atom is -0.497 e. The van der Waals surface area contributed by atoms with Crippen LogP contribution >= 0.6 is 23.8 Å². The summed E-state index contributed by atoms with van der Waals surface area (Å²) in [5, 5.41) is 10.4. The fraction of sp³-hybridized carbons (Fsp3) is 0.211. The third kappa shape index (κ3) is 4.56. The van der Waals surface area contributed by atoms with Gasteiger partial charge in [-0.25, -0.2) is 0 Å². The van der Waals surface area contributed by atoms with Crippen molar-refractivity contribution in [2.45, 2.75) is 19.9 Å². The van der Waals surface area contributed by atoms with Gasteiger partial charge in [0.2, 0.25) is 5.91 Å². The Balaban J connectivity index is 1.71. The number of nitrogens with one attached hydrogen (secondary N) is 2. The molecule has 0 aliphatic rings. The van der Waals surface area contributed by atoms with Crippen LogP contribution in [0, 0.1) is 11.7 Å². The van der Waals surface area contributed by atoms with Crippen LogP contribution in [0.25, 0.3) is 11.4 Å². The molecule has 6 nitrogen and oxygen atoms in total. The van der Waals surface area contributed by atoms with Crippen molar-refractivity contribution in [3.05, 3.63) is 57.8 Å². The minimum atomic E-state index is -0.149. The zero-order valence-corrected chi connectivity index (χ0v) is 16.5. The molecule has 0 saturated heterocycles. The van der Waals surface area contributed by atoms with E-state index >= 15 is 0 Å². The Bertz CT molecular complexity index is 1010. The molecule has 8 heteroatoms. The number of ether oxygens (including phenoxy) is 1. The molecule has 27 heavy (non-hydrogen) atoms. The number of halogens is 1. The monoisotopic (exact) mass is 402 g/mol. The van der Waals surface area contributed by atoms with Gasteiger partial charge in [-0.2, -0.15) is 5.10 Å². The Morgan fingerprint density at radius 1 is 1.30 bits per heavy atom. The molecule has 3 aromatic rings. The summed E-state index contributed by atoms with van der Waals surface area (Å²) in [6.45, 7) is 2.34. The number of anilines is 1. The van der Waals surface area contributed by atoms with Crippen LogP contribution in [0.3, 0.4) is 0 Å². The molecular formula is C19H19ClN4O2S. The first kappa shape index (κ1) is 19.1. The predicted octanol–water partition coefficient (Wildman–Crippen LogP) is 4.61. The average Bonchev–Trinajstić information content (AvgIpc) is 3.03. The maximum atomic E-state index is 12.3. The summed E-state index contributed by atoms with van der Waals surface area (Å²) >= 11 is 11.5. The highest BCUT2D eigenvalue weighted by atomic mass is 35.5. The normalized spacial score (nSPS) is 10.6. The Labute approximate surface area is 167 Å². The molecule has 0 bridgehead atoms. The number of aryl methyl sites for hydroxylation is 1. The van der Waals surface area contributed by atoms with Gasteiger partial charge in [0.15, 0.2) is 10.6 Å². The first-order valence-corrected chi connectivity index (χ1v) is 9.12. The number of hydrogen-bond donors (Lipinski definition) is 2. The van der Waals surface area contributed by atoms with Crippen LogP contribution < -0.4 is 10.1 Å². The summed E-state index contributed by atoms with van der Waals surface area (Å²) in [7, 11) is 1.62. The lowest BCUT2D eigenvalue weighted by Crippen LogP contribution is -2.15. The summed E-state index contributed by atoms with van der Waals surface area (Å²) in [5.74, 6) is 1.28. The van der Waals surface area contributed by atoms with Gasteiger partial charge in [0.1, 0.15) is 5.75 Å². The van der Waals surface area contributed by atoms with E-state index in [0.717, 1.165) is 16.9 Å². The highest BCUT2D eigenvalue weighted by Crippen LogP contribution is 2.23. The second-order valence-electron chi connectivity index (χ2n) is 6.01. The highest BCUT2D eigenvalue weighted by molar-refractivity contribution is 7.71. The second kappa shape index (κ2) is 8.37. The molecule has 0 aliphatic carbocycles. The lowest BCUT2D eigenvalue weighted by atomic mass is 10.2. The Morgan fingerprint density at radius 2 is 2.04 bits per heavy atom. The standard InChI is InChI=1S/C19H19ClN4O2S/c1-12-3-8-16(15(20)11-12)21-17(25)9-10-24-18(22-23-19(24)27)13-4-6-14(26-2)7-5-13/h3-8,11H,9-10H2,1-2H3,(H,21,25)(H,23,27). The van der Waals surface area contributed by atoms with Gasteiger partial charge in [0.05, 0.1) is 17.8 Å². The van der Waals surface area contributed by atoms with Crippen LogP contribution in [-0.2, 0) is 11.3 Å². The molecule has 1 amide bonds. The zero-order valence-electron chi connectivity index (χ0n) is 15.0. The summed E-state index contributed by atoms with van der Waals surface area (Å²) in [4.78, 5) is 12.3. The largest absolute Gasteiger partial charge is 0.497 e. The molecule has 3 rings (SSSR count). The van der Waals surface area contributed by atoms with Gasteiger partial charge < -0.3 is 10.1 Å². The minimum absolute atomic E-state index is 0.149. The quantitative estimate of drug-likeness (QED) is 0.591.